The Morgan fingerprint density at radius 1 is 1.30 bits per heavy atom. The second-order valence-electron chi connectivity index (χ2n) is 6.87. The standard InChI is InChI=1S/C20H21ClN6O3/c1-27-16-6-11(21)4-5-13(16)17(26-27)15-8-23-19-18(25-15)14(7-22-19)20(28)24-12(9-29-2)10-30-3/h4-8,12H,9-10H2,1-3H3,(H,22,23)(H,24,28). The summed E-state index contributed by atoms with van der Waals surface area (Å²) in [6.45, 7) is 0.669. The van der Waals surface area contributed by atoms with Gasteiger partial charge >= 0.3 is 0 Å². The van der Waals surface area contributed by atoms with Crippen LogP contribution in [0.15, 0.2) is 30.6 Å². The molecule has 0 spiro atoms. The number of amides is 1. The Bertz CT molecular complexity index is 1210. The molecule has 0 atom stereocenters. The van der Waals surface area contributed by atoms with Gasteiger partial charge in [-0.15, -0.1) is 0 Å². The topological polar surface area (TPSA) is 107 Å². The molecule has 0 aliphatic rings. The van der Waals surface area contributed by atoms with Crippen LogP contribution in [0.4, 0.5) is 0 Å². The zero-order valence-electron chi connectivity index (χ0n) is 16.8. The molecule has 0 fully saturated rings. The van der Waals surface area contributed by atoms with E-state index in [2.05, 4.69) is 25.4 Å². The molecule has 0 aliphatic carbocycles. The van der Waals surface area contributed by atoms with E-state index in [9.17, 15) is 4.79 Å². The number of carbonyl (C=O) groups excluding carboxylic acids is 1. The molecule has 10 heteroatoms. The van der Waals surface area contributed by atoms with E-state index >= 15 is 0 Å². The van der Waals surface area contributed by atoms with Crippen LogP contribution in [-0.2, 0) is 16.5 Å². The third-order valence-electron chi connectivity index (χ3n) is 4.75. The van der Waals surface area contributed by atoms with E-state index in [4.69, 9.17) is 21.1 Å². The van der Waals surface area contributed by atoms with Crippen LogP contribution in [0.5, 0.6) is 0 Å². The zero-order chi connectivity index (χ0) is 21.3. The van der Waals surface area contributed by atoms with Crippen molar-refractivity contribution in [1.82, 2.24) is 30.0 Å². The Kier molecular flexibility index (Phi) is 5.67. The number of hydrogen-bond donors (Lipinski definition) is 2. The van der Waals surface area contributed by atoms with Crippen LogP contribution in [0, 0.1) is 0 Å². The normalized spacial score (nSPS) is 11.6. The van der Waals surface area contributed by atoms with Crippen molar-refractivity contribution in [3.63, 3.8) is 0 Å². The Balaban J connectivity index is 1.73. The smallest absolute Gasteiger partial charge is 0.255 e. The number of halogens is 1. The van der Waals surface area contributed by atoms with Gasteiger partial charge in [0.2, 0.25) is 0 Å². The summed E-state index contributed by atoms with van der Waals surface area (Å²) in [5.74, 6) is -0.288. The highest BCUT2D eigenvalue weighted by Gasteiger charge is 2.20. The number of ether oxygens (including phenoxy) is 2. The monoisotopic (exact) mass is 428 g/mol. The molecule has 3 aromatic heterocycles. The van der Waals surface area contributed by atoms with E-state index in [1.165, 1.54) is 0 Å². The number of rotatable bonds is 7. The SMILES string of the molecule is COCC(COC)NC(=O)c1c[nH]c2ncc(-c3nn(C)c4cc(Cl)ccc34)nc12. The number of aromatic amines is 1. The Morgan fingerprint density at radius 2 is 2.07 bits per heavy atom. The molecule has 0 radical (unpaired) electrons. The van der Waals surface area contributed by atoms with Crippen molar-refractivity contribution in [1.29, 1.82) is 0 Å². The summed E-state index contributed by atoms with van der Waals surface area (Å²) in [6, 6.07) is 5.27. The van der Waals surface area contributed by atoms with Crippen molar-refractivity contribution in [2.45, 2.75) is 6.04 Å². The fourth-order valence-electron chi connectivity index (χ4n) is 3.40. The molecule has 156 valence electrons. The average Bonchev–Trinajstić information content (AvgIpc) is 3.29. The summed E-state index contributed by atoms with van der Waals surface area (Å²) in [7, 11) is 4.99. The molecule has 3 heterocycles. The van der Waals surface area contributed by atoms with Crippen LogP contribution in [0.3, 0.4) is 0 Å². The first-order valence-corrected chi connectivity index (χ1v) is 9.65. The molecule has 9 nitrogen and oxygen atoms in total. The van der Waals surface area contributed by atoms with Gasteiger partial charge in [0.25, 0.3) is 5.91 Å². The fraction of sp³-hybridized carbons (Fsp3) is 0.300. The van der Waals surface area contributed by atoms with E-state index in [1.54, 1.807) is 31.3 Å². The molecule has 1 aromatic carbocycles. The second-order valence-corrected chi connectivity index (χ2v) is 7.31. The van der Waals surface area contributed by atoms with Gasteiger partial charge in [0.05, 0.1) is 36.5 Å². The molecule has 2 N–H and O–H groups in total. The lowest BCUT2D eigenvalue weighted by molar-refractivity contribution is 0.0780. The number of H-pyrrole nitrogens is 1. The molecule has 4 aromatic rings. The van der Waals surface area contributed by atoms with Crippen molar-refractivity contribution in [2.24, 2.45) is 7.05 Å². The number of nitrogens with zero attached hydrogens (tertiary/aromatic N) is 4. The molecule has 0 bridgehead atoms. The summed E-state index contributed by atoms with van der Waals surface area (Å²) >= 11 is 6.12. The summed E-state index contributed by atoms with van der Waals surface area (Å²) in [6.07, 6.45) is 3.23. The Hall–Kier alpha value is -3.01. The van der Waals surface area contributed by atoms with Gasteiger partial charge < -0.3 is 19.8 Å². The maximum absolute atomic E-state index is 12.8. The minimum Gasteiger partial charge on any atom is -0.382 e. The van der Waals surface area contributed by atoms with Crippen molar-refractivity contribution >= 4 is 39.6 Å². The molecule has 0 saturated carbocycles. The number of aromatic nitrogens is 5. The Labute approximate surface area is 177 Å². The molecular formula is C20H21ClN6O3. The van der Waals surface area contributed by atoms with Gasteiger partial charge in [0, 0.05) is 37.9 Å². The van der Waals surface area contributed by atoms with Gasteiger partial charge in [-0.3, -0.25) is 9.48 Å². The minimum absolute atomic E-state index is 0.280. The minimum atomic E-state index is -0.288. The number of aryl methyl sites for hydroxylation is 1. The Morgan fingerprint density at radius 3 is 2.80 bits per heavy atom. The van der Waals surface area contributed by atoms with Crippen LogP contribution in [0.2, 0.25) is 5.02 Å². The van der Waals surface area contributed by atoms with Gasteiger partial charge in [-0.05, 0) is 18.2 Å². The van der Waals surface area contributed by atoms with Crippen LogP contribution in [0.25, 0.3) is 33.5 Å². The van der Waals surface area contributed by atoms with Gasteiger partial charge in [-0.25, -0.2) is 9.97 Å². The van der Waals surface area contributed by atoms with E-state index < -0.39 is 0 Å². The molecule has 0 saturated heterocycles. The van der Waals surface area contributed by atoms with Crippen LogP contribution < -0.4 is 5.32 Å². The van der Waals surface area contributed by atoms with Crippen LogP contribution in [-0.4, -0.2) is 64.1 Å². The molecule has 1 amide bonds. The summed E-state index contributed by atoms with van der Waals surface area (Å²) < 4.78 is 12.0. The third-order valence-corrected chi connectivity index (χ3v) is 4.99. The molecule has 0 unspecified atom stereocenters. The van der Waals surface area contributed by atoms with Crippen molar-refractivity contribution in [3.8, 4) is 11.4 Å². The predicted octanol–water partition coefficient (Wildman–Crippen LogP) is 2.56. The van der Waals surface area contributed by atoms with Crippen LogP contribution in [0.1, 0.15) is 10.4 Å². The highest BCUT2D eigenvalue weighted by Crippen LogP contribution is 2.29. The van der Waals surface area contributed by atoms with E-state index in [0.29, 0.717) is 46.4 Å². The van der Waals surface area contributed by atoms with Crippen molar-refractivity contribution in [2.75, 3.05) is 27.4 Å². The lowest BCUT2D eigenvalue weighted by Gasteiger charge is -2.16. The highest BCUT2D eigenvalue weighted by atomic mass is 35.5. The quantitative estimate of drug-likeness (QED) is 0.468. The number of fused-ring (bicyclic) bond motifs is 2. The molecule has 30 heavy (non-hydrogen) atoms. The number of nitrogens with one attached hydrogen (secondary N) is 2. The number of hydrogen-bond acceptors (Lipinski definition) is 6. The third kappa shape index (κ3) is 3.74. The fourth-order valence-corrected chi connectivity index (χ4v) is 3.56. The van der Waals surface area contributed by atoms with E-state index in [1.807, 2.05) is 25.2 Å². The van der Waals surface area contributed by atoms with Crippen molar-refractivity contribution in [3.05, 3.63) is 41.2 Å². The first kappa shape index (κ1) is 20.3. The molecule has 4 rings (SSSR count). The van der Waals surface area contributed by atoms with Gasteiger partial charge in [0.15, 0.2) is 5.65 Å². The lowest BCUT2D eigenvalue weighted by Crippen LogP contribution is -2.41. The predicted molar refractivity (Wildman–Crippen MR) is 114 cm³/mol. The number of benzene rings is 1. The maximum Gasteiger partial charge on any atom is 0.255 e. The highest BCUT2D eigenvalue weighted by molar-refractivity contribution is 6.31. The number of carbonyl (C=O) groups is 1. The van der Waals surface area contributed by atoms with Gasteiger partial charge in [-0.1, -0.05) is 11.6 Å². The summed E-state index contributed by atoms with van der Waals surface area (Å²) in [5, 5.41) is 9.01. The lowest BCUT2D eigenvalue weighted by atomic mass is 10.1. The van der Waals surface area contributed by atoms with E-state index in [0.717, 1.165) is 10.9 Å². The van der Waals surface area contributed by atoms with E-state index in [-0.39, 0.29) is 11.9 Å². The maximum atomic E-state index is 12.8. The first-order valence-electron chi connectivity index (χ1n) is 9.27. The number of methoxy groups -OCH3 is 2. The summed E-state index contributed by atoms with van der Waals surface area (Å²) in [5.41, 5.74) is 3.49. The van der Waals surface area contributed by atoms with Crippen molar-refractivity contribution < 1.29 is 14.3 Å². The molecule has 0 aliphatic heterocycles. The van der Waals surface area contributed by atoms with Gasteiger partial charge in [-0.2, -0.15) is 5.10 Å². The first-order chi connectivity index (χ1) is 14.5. The molecular weight excluding hydrogens is 408 g/mol. The summed E-state index contributed by atoms with van der Waals surface area (Å²) in [4.78, 5) is 24.9. The zero-order valence-corrected chi connectivity index (χ0v) is 17.5. The largest absolute Gasteiger partial charge is 0.382 e. The van der Waals surface area contributed by atoms with Crippen LogP contribution >= 0.6 is 11.6 Å². The van der Waals surface area contributed by atoms with Gasteiger partial charge in [0.1, 0.15) is 16.9 Å². The second kappa shape index (κ2) is 8.39. The average molecular weight is 429 g/mol.